The van der Waals surface area contributed by atoms with Gasteiger partial charge in [-0.15, -0.1) is 0 Å². The van der Waals surface area contributed by atoms with Crippen molar-refractivity contribution in [3.63, 3.8) is 0 Å². The third-order valence-corrected chi connectivity index (χ3v) is 5.25. The molecule has 1 aromatic heterocycles. The Morgan fingerprint density at radius 2 is 1.90 bits per heavy atom. The number of amides is 2. The molecule has 1 saturated heterocycles. The second kappa shape index (κ2) is 6.37. The lowest BCUT2D eigenvalue weighted by molar-refractivity contribution is -0.133. The van der Waals surface area contributed by atoms with Crippen LogP contribution in [-0.4, -0.2) is 35.1 Å². The van der Waals surface area contributed by atoms with E-state index in [0.717, 1.165) is 5.56 Å². The van der Waals surface area contributed by atoms with Gasteiger partial charge in [0.2, 0.25) is 11.8 Å². The molecular weight excluding hydrogens is 372 g/mol. The number of para-hydroxylation sites is 1. The van der Waals surface area contributed by atoms with Crippen molar-refractivity contribution in [2.24, 2.45) is 0 Å². The van der Waals surface area contributed by atoms with Gasteiger partial charge in [-0.3, -0.25) is 15.0 Å². The van der Waals surface area contributed by atoms with Crippen LogP contribution in [0.3, 0.4) is 0 Å². The molecule has 5 rings (SSSR count). The van der Waals surface area contributed by atoms with Gasteiger partial charge < -0.3 is 14.5 Å². The average molecular weight is 390 g/mol. The average Bonchev–Trinajstić information content (AvgIpc) is 3.29. The van der Waals surface area contributed by atoms with Crippen molar-refractivity contribution in [1.29, 1.82) is 0 Å². The number of hydrogen-bond acceptors (Lipinski definition) is 6. The predicted octanol–water partition coefficient (Wildman–Crippen LogP) is 2.15. The highest BCUT2D eigenvalue weighted by Gasteiger charge is 2.48. The molecule has 0 radical (unpaired) electrons. The highest BCUT2D eigenvalue weighted by molar-refractivity contribution is 6.21. The molecule has 146 valence electrons. The van der Waals surface area contributed by atoms with Gasteiger partial charge >= 0.3 is 0 Å². The summed E-state index contributed by atoms with van der Waals surface area (Å²) >= 11 is 0. The quantitative estimate of drug-likeness (QED) is 0.711. The maximum absolute atomic E-state index is 13.3. The highest BCUT2D eigenvalue weighted by Crippen LogP contribution is 2.36. The maximum Gasteiger partial charge on any atom is 0.281 e. The molecule has 1 fully saturated rings. The lowest BCUT2D eigenvalue weighted by Crippen LogP contribution is -2.54. The number of fused-ring (bicyclic) bond motifs is 2. The summed E-state index contributed by atoms with van der Waals surface area (Å²) in [6.45, 7) is 1.78. The van der Waals surface area contributed by atoms with E-state index in [4.69, 9.17) is 9.15 Å². The van der Waals surface area contributed by atoms with Crippen molar-refractivity contribution in [2.45, 2.75) is 19.0 Å². The number of benzene rings is 2. The summed E-state index contributed by atoms with van der Waals surface area (Å²) in [5, 5.41) is 4.59. The number of hydrazine groups is 1. The van der Waals surface area contributed by atoms with Crippen LogP contribution in [0.15, 0.2) is 58.6 Å². The summed E-state index contributed by atoms with van der Waals surface area (Å²) in [6, 6.07) is 14.7. The van der Waals surface area contributed by atoms with Crippen LogP contribution in [0.5, 0.6) is 5.75 Å². The van der Waals surface area contributed by atoms with E-state index >= 15 is 0 Å². The van der Waals surface area contributed by atoms with Crippen LogP contribution in [-0.2, 0) is 9.59 Å². The summed E-state index contributed by atoms with van der Waals surface area (Å²) < 4.78 is 11.2. The largest absolute Gasteiger partial charge is 0.494 e. The van der Waals surface area contributed by atoms with E-state index in [9.17, 15) is 9.59 Å². The zero-order valence-corrected chi connectivity index (χ0v) is 15.8. The van der Waals surface area contributed by atoms with Gasteiger partial charge in [0.1, 0.15) is 23.4 Å². The van der Waals surface area contributed by atoms with Crippen molar-refractivity contribution in [3.05, 3.63) is 65.7 Å². The molecule has 2 aromatic carbocycles. The normalized spacial score (nSPS) is 21.2. The Morgan fingerprint density at radius 1 is 1.10 bits per heavy atom. The van der Waals surface area contributed by atoms with E-state index < -0.39 is 12.1 Å². The van der Waals surface area contributed by atoms with Gasteiger partial charge in [0, 0.05) is 5.70 Å². The Kier molecular flexibility index (Phi) is 3.80. The summed E-state index contributed by atoms with van der Waals surface area (Å²) in [4.78, 5) is 30.4. The Balaban J connectivity index is 1.57. The minimum Gasteiger partial charge on any atom is -0.494 e. The Labute approximate surface area is 166 Å². The molecule has 0 bridgehead atoms. The molecule has 2 unspecified atom stereocenters. The number of nitrogens with zero attached hydrogens (tertiary/aromatic N) is 2. The first-order valence-corrected chi connectivity index (χ1v) is 9.19. The Morgan fingerprint density at radius 3 is 2.66 bits per heavy atom. The van der Waals surface area contributed by atoms with E-state index in [-0.39, 0.29) is 23.3 Å². The van der Waals surface area contributed by atoms with Crippen LogP contribution < -0.4 is 15.5 Å². The van der Waals surface area contributed by atoms with Crippen LogP contribution in [0.4, 0.5) is 0 Å². The number of oxazole rings is 1. The van der Waals surface area contributed by atoms with Gasteiger partial charge in [0.15, 0.2) is 11.1 Å². The smallest absolute Gasteiger partial charge is 0.281 e. The molecule has 8 nitrogen and oxygen atoms in total. The van der Waals surface area contributed by atoms with Gasteiger partial charge in [-0.2, -0.15) is 0 Å². The second-order valence-corrected chi connectivity index (χ2v) is 6.95. The summed E-state index contributed by atoms with van der Waals surface area (Å²) in [6.07, 6.45) is -0.528. The first-order chi connectivity index (χ1) is 14.1. The second-order valence-electron chi connectivity index (χ2n) is 6.95. The molecule has 29 heavy (non-hydrogen) atoms. The topological polar surface area (TPSA) is 96.7 Å². The van der Waals surface area contributed by atoms with Gasteiger partial charge in [0.25, 0.3) is 5.91 Å². The van der Waals surface area contributed by atoms with E-state index in [1.165, 1.54) is 5.01 Å². The van der Waals surface area contributed by atoms with Crippen LogP contribution in [0.2, 0.25) is 0 Å². The van der Waals surface area contributed by atoms with Gasteiger partial charge in [0.05, 0.1) is 7.11 Å². The van der Waals surface area contributed by atoms with E-state index in [1.54, 1.807) is 32.2 Å². The fraction of sp³-hybridized carbons (Fsp3) is 0.190. The van der Waals surface area contributed by atoms with Crippen LogP contribution >= 0.6 is 0 Å². The van der Waals surface area contributed by atoms with E-state index in [0.29, 0.717) is 22.5 Å². The third kappa shape index (κ3) is 2.56. The molecule has 0 aliphatic carbocycles. The van der Waals surface area contributed by atoms with Crippen molar-refractivity contribution >= 4 is 28.5 Å². The van der Waals surface area contributed by atoms with Crippen molar-refractivity contribution < 1.29 is 18.7 Å². The molecule has 2 aliphatic rings. The fourth-order valence-corrected chi connectivity index (χ4v) is 3.89. The van der Waals surface area contributed by atoms with Gasteiger partial charge in [-0.25, -0.2) is 9.99 Å². The fourth-order valence-electron chi connectivity index (χ4n) is 3.89. The first-order valence-electron chi connectivity index (χ1n) is 9.19. The molecule has 2 aliphatic heterocycles. The summed E-state index contributed by atoms with van der Waals surface area (Å²) in [5.74, 6) is -0.391. The Hall–Kier alpha value is -3.81. The maximum atomic E-state index is 13.3. The van der Waals surface area contributed by atoms with Gasteiger partial charge in [-0.05, 0) is 24.6 Å². The molecule has 3 aromatic rings. The zero-order valence-electron chi connectivity index (χ0n) is 15.8. The van der Waals surface area contributed by atoms with Crippen LogP contribution in [0, 0.1) is 0 Å². The molecule has 3 heterocycles. The number of nitrogens with one attached hydrogen (secondary N) is 2. The number of ether oxygens (including phenoxy) is 1. The monoisotopic (exact) mass is 390 g/mol. The predicted molar refractivity (Wildman–Crippen MR) is 104 cm³/mol. The lowest BCUT2D eigenvalue weighted by atomic mass is 9.94. The number of rotatable bonds is 3. The third-order valence-electron chi connectivity index (χ3n) is 5.25. The molecule has 0 spiro atoms. The molecule has 2 N–H and O–H groups in total. The van der Waals surface area contributed by atoms with Gasteiger partial charge in [-0.1, -0.05) is 36.4 Å². The van der Waals surface area contributed by atoms with Crippen LogP contribution in [0.25, 0.3) is 16.7 Å². The van der Waals surface area contributed by atoms with E-state index in [2.05, 4.69) is 15.7 Å². The number of allylic oxidation sites excluding steroid dienone is 1. The highest BCUT2D eigenvalue weighted by atomic mass is 16.5. The number of carbonyl (C=O) groups excluding carboxylic acids is 2. The number of aromatic nitrogens is 1. The standard InChI is InChI=1S/C21H18N4O4/c1-11-15(20-23-17-13(28-2)9-6-10-14(17)29-20)21(27)25-18(22-11)16(19(26)24-25)12-7-4-3-5-8-12/h3-10,16,18,22H,1-2H3,(H,24,26). The molecular formula is C21H18N4O4. The van der Waals surface area contributed by atoms with E-state index in [1.807, 2.05) is 30.3 Å². The molecule has 8 heteroatoms. The molecule has 2 atom stereocenters. The SMILES string of the molecule is COc1cccc2oc(C3=C(C)NC4C(c5ccccc5)C(=O)NN4C3=O)nc12. The van der Waals surface area contributed by atoms with Crippen molar-refractivity contribution in [3.8, 4) is 5.75 Å². The van der Waals surface area contributed by atoms with Crippen molar-refractivity contribution in [1.82, 2.24) is 20.7 Å². The molecule has 2 amide bonds. The minimum atomic E-state index is -0.528. The first kappa shape index (κ1) is 17.3. The van der Waals surface area contributed by atoms with Crippen LogP contribution in [0.1, 0.15) is 24.3 Å². The Bertz CT molecular complexity index is 1170. The number of hydrogen-bond donors (Lipinski definition) is 2. The zero-order chi connectivity index (χ0) is 20.1. The van der Waals surface area contributed by atoms with Crippen molar-refractivity contribution in [2.75, 3.05) is 7.11 Å². The molecule has 0 saturated carbocycles. The summed E-state index contributed by atoms with van der Waals surface area (Å²) in [7, 11) is 1.55. The summed E-state index contributed by atoms with van der Waals surface area (Å²) in [5.41, 5.74) is 5.44. The minimum absolute atomic E-state index is 0.176. The lowest BCUT2D eigenvalue weighted by Gasteiger charge is -2.33. The number of carbonyl (C=O) groups is 2. The number of methoxy groups -OCH3 is 1.